The van der Waals surface area contributed by atoms with Gasteiger partial charge in [-0.05, 0) is 30.2 Å². The average molecular weight is 482 g/mol. The first-order valence-electron chi connectivity index (χ1n) is 10.1. The smallest absolute Gasteiger partial charge is 0.301 e. The topological polar surface area (TPSA) is 89.8 Å². The van der Waals surface area contributed by atoms with E-state index in [1.165, 1.54) is 15.7 Å². The first-order chi connectivity index (χ1) is 15.9. The van der Waals surface area contributed by atoms with E-state index in [4.69, 9.17) is 16.3 Å². The highest BCUT2D eigenvalue weighted by atomic mass is 35.5. The summed E-state index contributed by atoms with van der Waals surface area (Å²) in [6.45, 7) is 1.74. The molecular formula is C24H20ClN3O4S. The Kier molecular flexibility index (Phi) is 6.86. The first kappa shape index (κ1) is 22.7. The number of fused-ring (bicyclic) bond motifs is 1. The number of thiazole rings is 1. The van der Waals surface area contributed by atoms with Crippen molar-refractivity contribution in [3.8, 4) is 5.75 Å². The molecule has 9 heteroatoms. The number of amides is 1. The van der Waals surface area contributed by atoms with Gasteiger partial charge in [0.05, 0.1) is 6.54 Å². The third kappa shape index (κ3) is 5.47. The predicted octanol–water partition coefficient (Wildman–Crippen LogP) is 3.84. The first-order valence-corrected chi connectivity index (χ1v) is 11.3. The van der Waals surface area contributed by atoms with Crippen LogP contribution in [0.4, 0.5) is 0 Å². The van der Waals surface area contributed by atoms with Gasteiger partial charge in [0.1, 0.15) is 6.61 Å². The number of nitrogens with one attached hydrogen (secondary N) is 1. The molecule has 2 heterocycles. The maximum atomic E-state index is 13.0. The van der Waals surface area contributed by atoms with Crippen molar-refractivity contribution in [2.75, 3.05) is 6.54 Å². The Balaban J connectivity index is 1.54. The van der Waals surface area contributed by atoms with Gasteiger partial charge in [0, 0.05) is 22.5 Å². The largest absolute Gasteiger partial charge is 0.481 e. The van der Waals surface area contributed by atoms with Gasteiger partial charge in [0.15, 0.2) is 16.4 Å². The van der Waals surface area contributed by atoms with Gasteiger partial charge in [-0.25, -0.2) is 4.98 Å². The molecule has 33 heavy (non-hydrogen) atoms. The number of Topliss-reactive ketones (excluding diaryl/α,β-unsaturated/α-hetero) is 1. The van der Waals surface area contributed by atoms with Crippen LogP contribution >= 0.6 is 22.9 Å². The van der Waals surface area contributed by atoms with Gasteiger partial charge >= 0.3 is 5.56 Å². The van der Waals surface area contributed by atoms with E-state index in [0.717, 1.165) is 16.0 Å². The molecule has 7 nitrogen and oxygen atoms in total. The summed E-state index contributed by atoms with van der Waals surface area (Å²) in [5.41, 5.74) is 1.01. The molecule has 0 spiro atoms. The van der Waals surface area contributed by atoms with E-state index in [1.807, 2.05) is 37.3 Å². The molecule has 2 aromatic carbocycles. The number of halogens is 1. The van der Waals surface area contributed by atoms with Gasteiger partial charge < -0.3 is 10.1 Å². The van der Waals surface area contributed by atoms with Crippen molar-refractivity contribution in [2.45, 2.75) is 20.0 Å². The van der Waals surface area contributed by atoms with Crippen molar-refractivity contribution in [1.29, 1.82) is 0 Å². The Morgan fingerprint density at radius 3 is 2.55 bits per heavy atom. The number of ketones is 1. The summed E-state index contributed by atoms with van der Waals surface area (Å²) in [4.78, 5) is 43.9. The molecule has 4 aromatic rings. The van der Waals surface area contributed by atoms with Crippen LogP contribution in [-0.2, 0) is 17.8 Å². The highest BCUT2D eigenvalue weighted by Crippen LogP contribution is 2.19. The maximum absolute atomic E-state index is 13.0. The van der Waals surface area contributed by atoms with Gasteiger partial charge in [-0.1, -0.05) is 54.1 Å². The van der Waals surface area contributed by atoms with Crippen molar-refractivity contribution in [3.63, 3.8) is 0 Å². The van der Waals surface area contributed by atoms with Crippen LogP contribution in [0.15, 0.2) is 65.6 Å². The van der Waals surface area contributed by atoms with Crippen LogP contribution in [0, 0.1) is 6.92 Å². The molecule has 4 rings (SSSR count). The van der Waals surface area contributed by atoms with Crippen LogP contribution in [0.5, 0.6) is 5.75 Å². The van der Waals surface area contributed by atoms with Crippen molar-refractivity contribution in [3.05, 3.63) is 97.9 Å². The van der Waals surface area contributed by atoms with Gasteiger partial charge in [-0.15, -0.1) is 11.3 Å². The fraction of sp³-hybridized carbons (Fsp3) is 0.167. The van der Waals surface area contributed by atoms with Crippen LogP contribution < -0.4 is 15.6 Å². The third-order valence-corrected chi connectivity index (χ3v) is 5.96. The standard InChI is InChI=1S/C24H20ClN3O4S/c1-15-13-28-23(31)21(32-14-17-5-3-2-4-6-17)20(27-24(28)33-15)22(30)26-12-19(29)11-16-7-9-18(25)10-8-16/h2-10,13H,11-12,14H2,1H3,(H,26,30). The van der Waals surface area contributed by atoms with Crippen molar-refractivity contribution >= 4 is 39.6 Å². The molecule has 0 saturated carbocycles. The fourth-order valence-electron chi connectivity index (χ4n) is 3.20. The molecule has 2 aromatic heterocycles. The molecule has 0 atom stereocenters. The lowest BCUT2D eigenvalue weighted by Gasteiger charge is -2.11. The Morgan fingerprint density at radius 2 is 1.82 bits per heavy atom. The molecule has 0 aliphatic heterocycles. The zero-order valence-corrected chi connectivity index (χ0v) is 19.3. The zero-order chi connectivity index (χ0) is 23.4. The second-order valence-corrected chi connectivity index (χ2v) is 9.04. The fourth-order valence-corrected chi connectivity index (χ4v) is 4.15. The number of rotatable bonds is 8. The van der Waals surface area contributed by atoms with Crippen molar-refractivity contribution in [2.24, 2.45) is 0 Å². The van der Waals surface area contributed by atoms with E-state index in [2.05, 4.69) is 10.3 Å². The molecular weight excluding hydrogens is 462 g/mol. The molecule has 168 valence electrons. The zero-order valence-electron chi connectivity index (χ0n) is 17.7. The van der Waals surface area contributed by atoms with Gasteiger partial charge in [0.25, 0.3) is 5.91 Å². The quantitative estimate of drug-likeness (QED) is 0.413. The Labute approximate surface area is 198 Å². The lowest BCUT2D eigenvalue weighted by atomic mass is 10.1. The summed E-state index contributed by atoms with van der Waals surface area (Å²) in [5, 5.41) is 3.15. The normalized spacial score (nSPS) is 10.8. The molecule has 0 fully saturated rings. The van der Waals surface area contributed by atoms with Gasteiger partial charge in [0.2, 0.25) is 5.75 Å². The monoisotopic (exact) mass is 481 g/mol. The van der Waals surface area contributed by atoms with Crippen molar-refractivity contribution in [1.82, 2.24) is 14.7 Å². The van der Waals surface area contributed by atoms with Crippen LogP contribution in [0.2, 0.25) is 5.02 Å². The van der Waals surface area contributed by atoms with Crippen LogP contribution in [0.25, 0.3) is 4.96 Å². The summed E-state index contributed by atoms with van der Waals surface area (Å²) in [5.74, 6) is -0.993. The molecule has 0 aliphatic rings. The van der Waals surface area contributed by atoms with E-state index >= 15 is 0 Å². The number of benzene rings is 2. The Hall–Kier alpha value is -3.49. The maximum Gasteiger partial charge on any atom is 0.301 e. The minimum atomic E-state index is -0.645. The summed E-state index contributed by atoms with van der Waals surface area (Å²) < 4.78 is 7.12. The third-order valence-electron chi connectivity index (χ3n) is 4.81. The van der Waals surface area contributed by atoms with Crippen LogP contribution in [0.3, 0.4) is 0 Å². The number of nitrogens with zero attached hydrogens (tertiary/aromatic N) is 2. The molecule has 0 bridgehead atoms. The minimum Gasteiger partial charge on any atom is -0.481 e. The number of hydrogen-bond acceptors (Lipinski definition) is 6. The summed E-state index contributed by atoms with van der Waals surface area (Å²) in [6, 6.07) is 16.2. The highest BCUT2D eigenvalue weighted by Gasteiger charge is 2.22. The minimum absolute atomic E-state index is 0.0999. The summed E-state index contributed by atoms with van der Waals surface area (Å²) >= 11 is 7.15. The Morgan fingerprint density at radius 1 is 1.09 bits per heavy atom. The SMILES string of the molecule is Cc1cn2c(=O)c(OCc3ccccc3)c(C(=O)NCC(=O)Cc3ccc(Cl)cc3)nc2s1. The number of carbonyl (C=O) groups excluding carboxylic acids is 2. The second-order valence-electron chi connectivity index (χ2n) is 7.39. The Bertz CT molecular complexity index is 1360. The molecule has 0 radical (unpaired) electrons. The number of hydrogen-bond donors (Lipinski definition) is 1. The van der Waals surface area contributed by atoms with E-state index in [1.54, 1.807) is 30.5 Å². The molecule has 1 amide bonds. The second kappa shape index (κ2) is 9.97. The molecule has 0 unspecified atom stereocenters. The van der Waals surface area contributed by atoms with Gasteiger partial charge in [-0.3, -0.25) is 18.8 Å². The summed E-state index contributed by atoms with van der Waals surface area (Å²) in [6.07, 6.45) is 1.80. The number of aryl methyl sites for hydroxylation is 1. The molecule has 1 N–H and O–H groups in total. The van der Waals surface area contributed by atoms with Crippen LogP contribution in [-0.4, -0.2) is 27.6 Å². The number of aromatic nitrogens is 2. The van der Waals surface area contributed by atoms with E-state index in [0.29, 0.717) is 9.98 Å². The van der Waals surface area contributed by atoms with Crippen LogP contribution in [0.1, 0.15) is 26.5 Å². The highest BCUT2D eigenvalue weighted by molar-refractivity contribution is 7.16. The van der Waals surface area contributed by atoms with E-state index in [9.17, 15) is 14.4 Å². The van der Waals surface area contributed by atoms with Gasteiger partial charge in [-0.2, -0.15) is 0 Å². The predicted molar refractivity (Wildman–Crippen MR) is 127 cm³/mol. The number of ether oxygens (including phenoxy) is 1. The van der Waals surface area contributed by atoms with E-state index < -0.39 is 11.5 Å². The van der Waals surface area contributed by atoms with E-state index in [-0.39, 0.29) is 36.8 Å². The molecule has 0 saturated heterocycles. The lowest BCUT2D eigenvalue weighted by Crippen LogP contribution is -2.33. The average Bonchev–Trinajstić information content (AvgIpc) is 3.19. The van der Waals surface area contributed by atoms with Crippen molar-refractivity contribution < 1.29 is 14.3 Å². The number of carbonyl (C=O) groups is 2. The molecule has 0 aliphatic carbocycles. The lowest BCUT2D eigenvalue weighted by molar-refractivity contribution is -0.117. The summed E-state index contributed by atoms with van der Waals surface area (Å²) in [7, 11) is 0.